The highest BCUT2D eigenvalue weighted by Crippen LogP contribution is 2.29. The first-order chi connectivity index (χ1) is 12.4. The van der Waals surface area contributed by atoms with Crippen LogP contribution >= 0.6 is 34.5 Å². The van der Waals surface area contributed by atoms with E-state index >= 15 is 0 Å². The fourth-order valence-corrected chi connectivity index (χ4v) is 4.49. The molecule has 0 aliphatic carbocycles. The predicted octanol–water partition coefficient (Wildman–Crippen LogP) is 4.39. The third-order valence-corrected chi connectivity index (χ3v) is 5.47. The van der Waals surface area contributed by atoms with Crippen molar-refractivity contribution >= 4 is 61.6 Å². The van der Waals surface area contributed by atoms with Crippen molar-refractivity contribution in [1.82, 2.24) is 4.57 Å². The highest BCUT2D eigenvalue weighted by molar-refractivity contribution is 7.16. The standard InChI is InChI=1S/C18H10Cl2N2O3S/c1-22-15-12(20)7-10(19)8-14(15)26-18(22)21-16(23)11-6-9-4-2-3-5-13(9)25-17(11)24/h2-8H,1H3. The SMILES string of the molecule is Cn1c(=NC(=O)c2cc3ccccc3oc2=O)sc2cc(Cl)cc(Cl)c21. The van der Waals surface area contributed by atoms with Crippen molar-refractivity contribution in [3.63, 3.8) is 0 Å². The Morgan fingerprint density at radius 3 is 2.77 bits per heavy atom. The molecule has 130 valence electrons. The number of nitrogens with zero attached hydrogens (tertiary/aromatic N) is 2. The van der Waals surface area contributed by atoms with Crippen LogP contribution in [-0.4, -0.2) is 10.5 Å². The average molecular weight is 405 g/mol. The van der Waals surface area contributed by atoms with Gasteiger partial charge < -0.3 is 8.98 Å². The number of hydrogen-bond donors (Lipinski definition) is 0. The van der Waals surface area contributed by atoms with Gasteiger partial charge in [-0.05, 0) is 24.3 Å². The van der Waals surface area contributed by atoms with E-state index < -0.39 is 11.5 Å². The van der Waals surface area contributed by atoms with Gasteiger partial charge in [-0.15, -0.1) is 0 Å². The van der Waals surface area contributed by atoms with Gasteiger partial charge in [0.05, 0.1) is 15.2 Å². The van der Waals surface area contributed by atoms with Crippen LogP contribution in [0.25, 0.3) is 21.2 Å². The van der Waals surface area contributed by atoms with Crippen LogP contribution in [0, 0.1) is 0 Å². The molecule has 8 heteroatoms. The number of aromatic nitrogens is 1. The molecular formula is C18H10Cl2N2O3S. The second-order valence-electron chi connectivity index (χ2n) is 5.58. The molecule has 26 heavy (non-hydrogen) atoms. The van der Waals surface area contributed by atoms with Gasteiger partial charge >= 0.3 is 5.63 Å². The van der Waals surface area contributed by atoms with E-state index in [1.165, 1.54) is 17.4 Å². The van der Waals surface area contributed by atoms with Gasteiger partial charge in [-0.1, -0.05) is 52.7 Å². The number of halogens is 2. The van der Waals surface area contributed by atoms with Gasteiger partial charge in [0.15, 0.2) is 4.80 Å². The summed E-state index contributed by atoms with van der Waals surface area (Å²) in [5.74, 6) is -0.672. The van der Waals surface area contributed by atoms with Crippen molar-refractivity contribution in [3.05, 3.63) is 73.3 Å². The Balaban J connectivity index is 1.89. The Kier molecular flexibility index (Phi) is 4.19. The fourth-order valence-electron chi connectivity index (χ4n) is 2.66. The van der Waals surface area contributed by atoms with Crippen molar-refractivity contribution in [2.24, 2.45) is 12.0 Å². The minimum atomic E-state index is -0.720. The Morgan fingerprint density at radius 1 is 1.19 bits per heavy atom. The van der Waals surface area contributed by atoms with Crippen molar-refractivity contribution in [1.29, 1.82) is 0 Å². The van der Waals surface area contributed by atoms with Gasteiger partial charge in [0.25, 0.3) is 5.91 Å². The highest BCUT2D eigenvalue weighted by atomic mass is 35.5. The summed E-state index contributed by atoms with van der Waals surface area (Å²) in [6, 6.07) is 11.8. The Labute approximate surface area is 160 Å². The second kappa shape index (κ2) is 6.39. The molecule has 2 aromatic carbocycles. The number of carbonyl (C=O) groups excluding carboxylic acids is 1. The van der Waals surface area contributed by atoms with Crippen LogP contribution in [0.4, 0.5) is 0 Å². The molecule has 0 aliphatic rings. The van der Waals surface area contributed by atoms with Crippen molar-refractivity contribution in [3.8, 4) is 0 Å². The molecule has 1 amide bonds. The van der Waals surface area contributed by atoms with Gasteiger partial charge in [-0.3, -0.25) is 4.79 Å². The number of fused-ring (bicyclic) bond motifs is 2. The lowest BCUT2D eigenvalue weighted by atomic mass is 10.2. The molecule has 0 fully saturated rings. The van der Waals surface area contributed by atoms with Gasteiger partial charge in [0.2, 0.25) is 0 Å². The topological polar surface area (TPSA) is 64.6 Å². The maximum Gasteiger partial charge on any atom is 0.349 e. The molecule has 0 unspecified atom stereocenters. The summed E-state index contributed by atoms with van der Waals surface area (Å²) in [6.45, 7) is 0. The minimum Gasteiger partial charge on any atom is -0.422 e. The lowest BCUT2D eigenvalue weighted by Crippen LogP contribution is -2.17. The van der Waals surface area contributed by atoms with Gasteiger partial charge in [-0.2, -0.15) is 4.99 Å². The molecule has 0 aliphatic heterocycles. The zero-order chi connectivity index (χ0) is 18.4. The molecule has 0 N–H and O–H groups in total. The van der Waals surface area contributed by atoms with Crippen molar-refractivity contribution in [2.75, 3.05) is 0 Å². The molecule has 0 spiro atoms. The van der Waals surface area contributed by atoms with Crippen LogP contribution in [0.3, 0.4) is 0 Å². The zero-order valence-electron chi connectivity index (χ0n) is 13.3. The normalized spacial score (nSPS) is 12.2. The summed E-state index contributed by atoms with van der Waals surface area (Å²) in [7, 11) is 1.74. The van der Waals surface area contributed by atoms with E-state index in [1.54, 1.807) is 48.0 Å². The number of amides is 1. The van der Waals surface area contributed by atoms with E-state index in [0.29, 0.717) is 25.8 Å². The van der Waals surface area contributed by atoms with Gasteiger partial charge in [-0.25, -0.2) is 4.79 Å². The molecule has 0 bridgehead atoms. The monoisotopic (exact) mass is 404 g/mol. The van der Waals surface area contributed by atoms with Crippen molar-refractivity contribution < 1.29 is 9.21 Å². The lowest BCUT2D eigenvalue weighted by molar-refractivity contribution is 0.0994. The molecule has 5 nitrogen and oxygen atoms in total. The van der Waals surface area contributed by atoms with Crippen LogP contribution in [0.1, 0.15) is 10.4 Å². The first-order valence-corrected chi connectivity index (χ1v) is 9.08. The summed E-state index contributed by atoms with van der Waals surface area (Å²) >= 11 is 13.5. The number of carbonyl (C=O) groups is 1. The summed E-state index contributed by atoms with van der Waals surface area (Å²) < 4.78 is 7.68. The Morgan fingerprint density at radius 2 is 1.96 bits per heavy atom. The maximum absolute atomic E-state index is 12.6. The maximum atomic E-state index is 12.6. The molecule has 2 heterocycles. The average Bonchev–Trinajstić information content (AvgIpc) is 2.89. The van der Waals surface area contributed by atoms with Gasteiger partial charge in [0.1, 0.15) is 11.1 Å². The number of hydrogen-bond acceptors (Lipinski definition) is 4. The van der Waals surface area contributed by atoms with Crippen molar-refractivity contribution in [2.45, 2.75) is 0 Å². The third kappa shape index (κ3) is 2.86. The smallest absolute Gasteiger partial charge is 0.349 e. The second-order valence-corrected chi connectivity index (χ2v) is 7.43. The number of benzene rings is 2. The minimum absolute atomic E-state index is 0.120. The Hall–Kier alpha value is -2.41. The number of aryl methyl sites for hydroxylation is 1. The fraction of sp³-hybridized carbons (Fsp3) is 0.0556. The first-order valence-electron chi connectivity index (χ1n) is 7.50. The van der Waals surface area contributed by atoms with Gasteiger partial charge in [0, 0.05) is 17.5 Å². The quantitative estimate of drug-likeness (QED) is 0.441. The largest absolute Gasteiger partial charge is 0.422 e. The highest BCUT2D eigenvalue weighted by Gasteiger charge is 2.15. The molecule has 4 aromatic rings. The summed E-state index contributed by atoms with van der Waals surface area (Å²) in [6.07, 6.45) is 0. The van der Waals surface area contributed by atoms with E-state index in [-0.39, 0.29) is 5.56 Å². The van der Waals surface area contributed by atoms with Crippen LogP contribution < -0.4 is 10.4 Å². The van der Waals surface area contributed by atoms with E-state index in [9.17, 15) is 9.59 Å². The molecule has 0 radical (unpaired) electrons. The van der Waals surface area contributed by atoms with E-state index in [4.69, 9.17) is 27.6 Å². The van der Waals surface area contributed by atoms with Crippen LogP contribution in [0.5, 0.6) is 0 Å². The Bertz CT molecular complexity index is 1320. The summed E-state index contributed by atoms with van der Waals surface area (Å²) in [5.41, 5.74) is 0.300. The third-order valence-electron chi connectivity index (χ3n) is 3.89. The molecule has 0 saturated carbocycles. The number of thiazole rings is 1. The molecule has 0 saturated heterocycles. The van der Waals surface area contributed by atoms with Crippen LogP contribution in [0.15, 0.2) is 56.7 Å². The van der Waals surface area contributed by atoms with E-state index in [0.717, 1.165) is 10.2 Å². The van der Waals surface area contributed by atoms with Crippen LogP contribution in [-0.2, 0) is 7.05 Å². The summed E-state index contributed by atoms with van der Waals surface area (Å²) in [4.78, 5) is 29.2. The molecule has 4 rings (SSSR count). The molecular weight excluding hydrogens is 395 g/mol. The van der Waals surface area contributed by atoms with Crippen LogP contribution in [0.2, 0.25) is 10.0 Å². The van der Waals surface area contributed by atoms with E-state index in [2.05, 4.69) is 4.99 Å². The molecule has 0 atom stereocenters. The molecule has 2 aromatic heterocycles. The first kappa shape index (κ1) is 17.0. The number of rotatable bonds is 1. The summed E-state index contributed by atoms with van der Waals surface area (Å²) in [5, 5.41) is 1.61. The van der Waals surface area contributed by atoms with E-state index in [1.807, 2.05) is 0 Å². The number of para-hydroxylation sites is 1. The lowest BCUT2D eigenvalue weighted by Gasteiger charge is -1.99. The zero-order valence-corrected chi connectivity index (χ0v) is 15.7. The predicted molar refractivity (Wildman–Crippen MR) is 103 cm³/mol.